The molecule has 0 aromatic carbocycles. The van der Waals surface area contributed by atoms with E-state index >= 15 is 0 Å². The van der Waals surface area contributed by atoms with Gasteiger partial charge >= 0.3 is 5.97 Å². The van der Waals surface area contributed by atoms with Gasteiger partial charge in [-0.2, -0.15) is 0 Å². The van der Waals surface area contributed by atoms with E-state index < -0.39 is 5.79 Å². The van der Waals surface area contributed by atoms with Crippen LogP contribution in [0.4, 0.5) is 0 Å². The van der Waals surface area contributed by atoms with E-state index in [1.165, 1.54) is 13.3 Å². The highest BCUT2D eigenvalue weighted by molar-refractivity contribution is 5.66. The lowest BCUT2D eigenvalue weighted by atomic mass is 9.94. The van der Waals surface area contributed by atoms with E-state index in [2.05, 4.69) is 0 Å². The molecule has 1 rings (SSSR count). The fourth-order valence-corrected chi connectivity index (χ4v) is 1.70. The lowest BCUT2D eigenvalue weighted by molar-refractivity contribution is -0.231. The first kappa shape index (κ1) is 9.52. The van der Waals surface area contributed by atoms with Gasteiger partial charge in [0.2, 0.25) is 5.79 Å². The van der Waals surface area contributed by atoms with Crippen molar-refractivity contribution < 1.29 is 14.3 Å². The van der Waals surface area contributed by atoms with E-state index in [0.717, 1.165) is 25.7 Å². The molecule has 0 atom stereocenters. The van der Waals surface area contributed by atoms with Crippen molar-refractivity contribution in [2.75, 3.05) is 7.11 Å². The molecule has 1 saturated carbocycles. The molecule has 1 aliphatic carbocycles. The predicted octanol–water partition coefficient (Wildman–Crippen LogP) is 1.86. The zero-order chi connectivity index (χ0) is 9.03. The summed E-state index contributed by atoms with van der Waals surface area (Å²) in [6.07, 6.45) is 5.06. The molecule has 0 saturated heterocycles. The molecule has 0 bridgehead atoms. The summed E-state index contributed by atoms with van der Waals surface area (Å²) in [6.45, 7) is 1.43. The van der Waals surface area contributed by atoms with Gasteiger partial charge in [0.1, 0.15) is 0 Å². The minimum Gasteiger partial charge on any atom is -0.433 e. The molecule has 0 aromatic rings. The molecule has 0 radical (unpaired) electrons. The topological polar surface area (TPSA) is 35.5 Å². The smallest absolute Gasteiger partial charge is 0.305 e. The van der Waals surface area contributed by atoms with Gasteiger partial charge in [-0.3, -0.25) is 4.79 Å². The van der Waals surface area contributed by atoms with E-state index in [1.54, 1.807) is 7.11 Å². The van der Waals surface area contributed by atoms with Crippen molar-refractivity contribution in [3.63, 3.8) is 0 Å². The molecule has 0 spiro atoms. The van der Waals surface area contributed by atoms with Crippen molar-refractivity contribution in [3.8, 4) is 0 Å². The predicted molar refractivity (Wildman–Crippen MR) is 44.6 cm³/mol. The van der Waals surface area contributed by atoms with E-state index in [0.29, 0.717) is 0 Å². The van der Waals surface area contributed by atoms with Crippen molar-refractivity contribution in [3.05, 3.63) is 0 Å². The number of rotatable bonds is 2. The van der Waals surface area contributed by atoms with E-state index in [1.807, 2.05) is 0 Å². The van der Waals surface area contributed by atoms with Gasteiger partial charge in [-0.25, -0.2) is 0 Å². The van der Waals surface area contributed by atoms with Crippen LogP contribution >= 0.6 is 0 Å². The van der Waals surface area contributed by atoms with Gasteiger partial charge in [0, 0.05) is 26.9 Å². The second-order valence-electron chi connectivity index (χ2n) is 3.27. The van der Waals surface area contributed by atoms with Crippen LogP contribution in [0.3, 0.4) is 0 Å². The molecule has 1 aliphatic rings. The highest BCUT2D eigenvalue weighted by Crippen LogP contribution is 2.32. The van der Waals surface area contributed by atoms with Gasteiger partial charge in [-0.05, 0) is 12.8 Å². The van der Waals surface area contributed by atoms with Gasteiger partial charge in [0.15, 0.2) is 0 Å². The molecular formula is C9H16O3. The summed E-state index contributed by atoms with van der Waals surface area (Å²) >= 11 is 0. The Morgan fingerprint density at radius 1 is 1.25 bits per heavy atom. The average Bonchev–Trinajstić information content (AvgIpc) is 2.05. The van der Waals surface area contributed by atoms with Crippen molar-refractivity contribution in [1.82, 2.24) is 0 Å². The molecule has 0 heterocycles. The summed E-state index contributed by atoms with van der Waals surface area (Å²) in [5.74, 6) is -0.858. The first-order valence-electron chi connectivity index (χ1n) is 4.43. The lowest BCUT2D eigenvalue weighted by Gasteiger charge is -2.34. The Hall–Kier alpha value is -0.570. The standard InChI is InChI=1S/C9H16O3/c1-8(10)12-9(11-2)6-4-3-5-7-9/h3-7H2,1-2H3. The lowest BCUT2D eigenvalue weighted by Crippen LogP contribution is -2.38. The van der Waals surface area contributed by atoms with Crippen LogP contribution in [0, 0.1) is 0 Å². The minimum atomic E-state index is -0.607. The van der Waals surface area contributed by atoms with Gasteiger partial charge in [-0.1, -0.05) is 6.42 Å². The largest absolute Gasteiger partial charge is 0.433 e. The number of ether oxygens (including phenoxy) is 2. The van der Waals surface area contributed by atoms with Crippen molar-refractivity contribution >= 4 is 5.97 Å². The summed E-state index contributed by atoms with van der Waals surface area (Å²) in [5, 5.41) is 0. The van der Waals surface area contributed by atoms with Crippen LogP contribution < -0.4 is 0 Å². The van der Waals surface area contributed by atoms with Crippen molar-refractivity contribution in [2.45, 2.75) is 44.8 Å². The monoisotopic (exact) mass is 172 g/mol. The summed E-state index contributed by atoms with van der Waals surface area (Å²) < 4.78 is 10.4. The van der Waals surface area contributed by atoms with Crippen LogP contribution in [0.5, 0.6) is 0 Å². The second kappa shape index (κ2) is 3.90. The van der Waals surface area contributed by atoms with Crippen LogP contribution in [0.2, 0.25) is 0 Å². The van der Waals surface area contributed by atoms with Crippen molar-refractivity contribution in [2.24, 2.45) is 0 Å². The molecule has 0 aromatic heterocycles. The van der Waals surface area contributed by atoms with E-state index in [9.17, 15) is 4.79 Å². The highest BCUT2D eigenvalue weighted by Gasteiger charge is 2.34. The fourth-order valence-electron chi connectivity index (χ4n) is 1.70. The summed E-state index contributed by atoms with van der Waals surface area (Å²) in [6, 6.07) is 0. The quantitative estimate of drug-likeness (QED) is 0.471. The summed E-state index contributed by atoms with van der Waals surface area (Å²) in [4.78, 5) is 10.8. The molecule has 3 nitrogen and oxygen atoms in total. The first-order valence-corrected chi connectivity index (χ1v) is 4.43. The number of carbonyl (C=O) groups excluding carboxylic acids is 1. The van der Waals surface area contributed by atoms with Crippen molar-refractivity contribution in [1.29, 1.82) is 0 Å². The number of hydrogen-bond acceptors (Lipinski definition) is 3. The normalized spacial score (nSPS) is 21.8. The van der Waals surface area contributed by atoms with Gasteiger partial charge in [0.25, 0.3) is 0 Å². The number of hydrogen-bond donors (Lipinski definition) is 0. The Kier molecular flexibility index (Phi) is 3.09. The maximum absolute atomic E-state index is 10.8. The molecule has 0 N–H and O–H groups in total. The Labute approximate surface area is 73.0 Å². The third kappa shape index (κ3) is 2.21. The Balaban J connectivity index is 2.53. The van der Waals surface area contributed by atoms with Gasteiger partial charge in [-0.15, -0.1) is 0 Å². The molecule has 0 unspecified atom stereocenters. The van der Waals surface area contributed by atoms with Gasteiger partial charge < -0.3 is 9.47 Å². The van der Waals surface area contributed by atoms with Crippen LogP contribution in [-0.4, -0.2) is 18.9 Å². The second-order valence-corrected chi connectivity index (χ2v) is 3.27. The molecule has 1 fully saturated rings. The SMILES string of the molecule is COC1(OC(C)=O)CCCCC1. The minimum absolute atomic E-state index is 0.251. The molecule has 0 aliphatic heterocycles. The third-order valence-corrected chi connectivity index (χ3v) is 2.32. The molecular weight excluding hydrogens is 156 g/mol. The molecule has 70 valence electrons. The Morgan fingerprint density at radius 2 is 1.83 bits per heavy atom. The summed E-state index contributed by atoms with van der Waals surface area (Å²) in [7, 11) is 1.61. The Bertz CT molecular complexity index is 159. The Morgan fingerprint density at radius 3 is 2.25 bits per heavy atom. The maximum atomic E-state index is 10.8. The summed E-state index contributed by atoms with van der Waals surface area (Å²) in [5.41, 5.74) is 0. The van der Waals surface area contributed by atoms with Crippen LogP contribution in [-0.2, 0) is 14.3 Å². The van der Waals surface area contributed by atoms with Crippen LogP contribution in [0.15, 0.2) is 0 Å². The molecule has 12 heavy (non-hydrogen) atoms. The first-order chi connectivity index (χ1) is 5.68. The highest BCUT2D eigenvalue weighted by atomic mass is 16.7. The van der Waals surface area contributed by atoms with Gasteiger partial charge in [0.05, 0.1) is 0 Å². The number of carbonyl (C=O) groups is 1. The van der Waals surface area contributed by atoms with E-state index in [4.69, 9.17) is 9.47 Å². The van der Waals surface area contributed by atoms with Crippen LogP contribution in [0.1, 0.15) is 39.0 Å². The van der Waals surface area contributed by atoms with E-state index in [-0.39, 0.29) is 5.97 Å². The third-order valence-electron chi connectivity index (χ3n) is 2.32. The maximum Gasteiger partial charge on any atom is 0.305 e. The number of esters is 1. The molecule has 0 amide bonds. The fraction of sp³-hybridized carbons (Fsp3) is 0.889. The number of methoxy groups -OCH3 is 1. The zero-order valence-electron chi connectivity index (χ0n) is 7.76. The molecule has 3 heteroatoms. The zero-order valence-corrected chi connectivity index (χ0v) is 7.76. The average molecular weight is 172 g/mol. The van der Waals surface area contributed by atoms with Crippen LogP contribution in [0.25, 0.3) is 0 Å².